The molecule has 2 heterocycles. The minimum atomic E-state index is -0.399. The standard InChI is InChI=1S/C26H31N3OS/c1-19-9-8-10-20(2)24(19)17-28-15-13-26(14-16-28,25-27-21(3)18-31-25)29(22(4)30)23-11-6-5-7-12-23/h5-12,18H,13-17H2,1-4H3. The van der Waals surface area contributed by atoms with Gasteiger partial charge in [0, 0.05) is 43.3 Å². The van der Waals surface area contributed by atoms with Crippen molar-refractivity contribution < 1.29 is 4.79 Å². The summed E-state index contributed by atoms with van der Waals surface area (Å²) in [5.74, 6) is 0.0715. The molecule has 0 bridgehead atoms. The van der Waals surface area contributed by atoms with Crippen LogP contribution in [-0.4, -0.2) is 28.9 Å². The lowest BCUT2D eigenvalue weighted by Gasteiger charge is -2.47. The average Bonchev–Trinajstić information content (AvgIpc) is 3.19. The first-order valence-electron chi connectivity index (χ1n) is 11.0. The van der Waals surface area contributed by atoms with E-state index in [2.05, 4.69) is 42.3 Å². The topological polar surface area (TPSA) is 36.4 Å². The number of carbonyl (C=O) groups is 1. The van der Waals surface area contributed by atoms with Crippen LogP contribution in [-0.2, 0) is 16.9 Å². The summed E-state index contributed by atoms with van der Waals surface area (Å²) in [6.45, 7) is 10.9. The van der Waals surface area contributed by atoms with Crippen molar-refractivity contribution in [3.63, 3.8) is 0 Å². The summed E-state index contributed by atoms with van der Waals surface area (Å²) < 4.78 is 0. The van der Waals surface area contributed by atoms with Gasteiger partial charge in [0.05, 0.1) is 0 Å². The number of rotatable bonds is 5. The fourth-order valence-electron chi connectivity index (χ4n) is 4.81. The Hall–Kier alpha value is -2.50. The highest BCUT2D eigenvalue weighted by Crippen LogP contribution is 2.43. The number of amides is 1. The van der Waals surface area contributed by atoms with Crippen LogP contribution in [0.3, 0.4) is 0 Å². The van der Waals surface area contributed by atoms with Crippen molar-refractivity contribution in [2.24, 2.45) is 0 Å². The molecule has 3 aromatic rings. The van der Waals surface area contributed by atoms with Crippen LogP contribution < -0.4 is 4.90 Å². The molecule has 0 spiro atoms. The zero-order chi connectivity index (χ0) is 22.0. The lowest BCUT2D eigenvalue weighted by Crippen LogP contribution is -2.55. The molecule has 1 amide bonds. The third-order valence-corrected chi connectivity index (χ3v) is 7.64. The highest BCUT2D eigenvalue weighted by molar-refractivity contribution is 7.09. The van der Waals surface area contributed by atoms with E-state index >= 15 is 0 Å². The maximum Gasteiger partial charge on any atom is 0.224 e. The SMILES string of the molecule is CC(=O)N(c1ccccc1)C1(c2nc(C)cs2)CCN(Cc2c(C)cccc2C)CC1. The van der Waals surface area contributed by atoms with E-state index in [-0.39, 0.29) is 5.91 Å². The van der Waals surface area contributed by atoms with Gasteiger partial charge in [0.25, 0.3) is 0 Å². The number of nitrogens with zero attached hydrogens (tertiary/aromatic N) is 3. The molecule has 0 saturated carbocycles. The average molecular weight is 434 g/mol. The molecule has 1 saturated heterocycles. The number of para-hydroxylation sites is 1. The van der Waals surface area contributed by atoms with E-state index in [1.807, 2.05) is 42.2 Å². The van der Waals surface area contributed by atoms with Crippen LogP contribution in [0.25, 0.3) is 0 Å². The number of hydrogen-bond acceptors (Lipinski definition) is 4. The fourth-order valence-corrected chi connectivity index (χ4v) is 5.86. The highest BCUT2D eigenvalue weighted by atomic mass is 32.1. The number of thiazole rings is 1. The Kier molecular flexibility index (Phi) is 6.26. The Morgan fingerprint density at radius 1 is 1.03 bits per heavy atom. The molecule has 0 unspecified atom stereocenters. The third-order valence-electron chi connectivity index (χ3n) is 6.48. The molecule has 0 aliphatic carbocycles. The van der Waals surface area contributed by atoms with Gasteiger partial charge in [0.2, 0.25) is 5.91 Å². The zero-order valence-electron chi connectivity index (χ0n) is 18.9. The van der Waals surface area contributed by atoms with Gasteiger partial charge < -0.3 is 0 Å². The van der Waals surface area contributed by atoms with Gasteiger partial charge in [-0.25, -0.2) is 4.98 Å². The van der Waals surface area contributed by atoms with E-state index in [4.69, 9.17) is 4.98 Å². The van der Waals surface area contributed by atoms with Gasteiger partial charge in [0.15, 0.2) is 0 Å². The minimum absolute atomic E-state index is 0.0715. The summed E-state index contributed by atoms with van der Waals surface area (Å²) in [7, 11) is 0. The second-order valence-corrected chi connectivity index (χ2v) is 9.52. The Balaban J connectivity index is 1.66. The number of piperidine rings is 1. The molecule has 1 aliphatic rings. The quantitative estimate of drug-likeness (QED) is 0.524. The van der Waals surface area contributed by atoms with Crippen molar-refractivity contribution in [3.8, 4) is 0 Å². The monoisotopic (exact) mass is 433 g/mol. The number of hydrogen-bond donors (Lipinski definition) is 0. The van der Waals surface area contributed by atoms with Crippen LogP contribution >= 0.6 is 11.3 Å². The van der Waals surface area contributed by atoms with E-state index in [0.717, 1.165) is 48.9 Å². The number of carbonyl (C=O) groups excluding carboxylic acids is 1. The van der Waals surface area contributed by atoms with Crippen LogP contribution in [0.4, 0.5) is 5.69 Å². The molecule has 1 fully saturated rings. The largest absolute Gasteiger partial charge is 0.300 e. The third kappa shape index (κ3) is 4.30. The normalized spacial score (nSPS) is 16.3. The summed E-state index contributed by atoms with van der Waals surface area (Å²) in [5, 5.41) is 3.15. The molecule has 2 aromatic carbocycles. The Bertz CT molecular complexity index is 1030. The minimum Gasteiger partial charge on any atom is -0.300 e. The Labute approximate surface area is 189 Å². The predicted octanol–water partition coefficient (Wildman–Crippen LogP) is 5.61. The lowest BCUT2D eigenvalue weighted by atomic mass is 9.84. The molecule has 5 heteroatoms. The van der Waals surface area contributed by atoms with E-state index < -0.39 is 5.54 Å². The molecule has 0 N–H and O–H groups in total. The van der Waals surface area contributed by atoms with Crippen LogP contribution in [0, 0.1) is 20.8 Å². The molecule has 0 atom stereocenters. The van der Waals surface area contributed by atoms with Gasteiger partial charge in [-0.15, -0.1) is 11.3 Å². The molecule has 1 aromatic heterocycles. The molecule has 4 nitrogen and oxygen atoms in total. The van der Waals surface area contributed by atoms with Crippen molar-refractivity contribution >= 4 is 22.9 Å². The lowest BCUT2D eigenvalue weighted by molar-refractivity contribution is -0.118. The van der Waals surface area contributed by atoms with Crippen molar-refractivity contribution in [3.05, 3.63) is 81.3 Å². The van der Waals surface area contributed by atoms with Gasteiger partial charge in [-0.1, -0.05) is 36.4 Å². The van der Waals surface area contributed by atoms with E-state index in [9.17, 15) is 4.79 Å². The molecule has 0 radical (unpaired) electrons. The van der Waals surface area contributed by atoms with Crippen LogP contribution in [0.1, 0.15) is 47.2 Å². The first-order chi connectivity index (χ1) is 14.9. The van der Waals surface area contributed by atoms with Gasteiger partial charge in [-0.3, -0.25) is 14.6 Å². The molecular formula is C26H31N3OS. The number of anilines is 1. The van der Waals surface area contributed by atoms with E-state index in [1.54, 1.807) is 18.3 Å². The van der Waals surface area contributed by atoms with Crippen molar-refractivity contribution in [2.75, 3.05) is 18.0 Å². The predicted molar refractivity (Wildman–Crippen MR) is 129 cm³/mol. The van der Waals surface area contributed by atoms with E-state index in [0.29, 0.717) is 0 Å². The van der Waals surface area contributed by atoms with Crippen LogP contribution in [0.15, 0.2) is 53.9 Å². The van der Waals surface area contributed by atoms with Crippen molar-refractivity contribution in [2.45, 2.75) is 52.6 Å². The van der Waals surface area contributed by atoms with E-state index in [1.165, 1.54) is 16.7 Å². The summed E-state index contributed by atoms with van der Waals surface area (Å²) in [5.41, 5.74) is 5.69. The number of benzene rings is 2. The first kappa shape index (κ1) is 21.7. The summed E-state index contributed by atoms with van der Waals surface area (Å²) in [6, 6.07) is 16.6. The van der Waals surface area contributed by atoms with Gasteiger partial charge >= 0.3 is 0 Å². The molecule has 162 valence electrons. The molecular weight excluding hydrogens is 402 g/mol. The van der Waals surface area contributed by atoms with Gasteiger partial charge in [-0.2, -0.15) is 0 Å². The summed E-state index contributed by atoms with van der Waals surface area (Å²) in [4.78, 5) is 22.4. The second kappa shape index (κ2) is 8.93. The van der Waals surface area contributed by atoms with Crippen molar-refractivity contribution in [1.82, 2.24) is 9.88 Å². The van der Waals surface area contributed by atoms with Gasteiger partial charge in [0.1, 0.15) is 10.5 Å². The van der Waals surface area contributed by atoms with Gasteiger partial charge in [-0.05, 0) is 62.4 Å². The zero-order valence-corrected chi connectivity index (χ0v) is 19.7. The van der Waals surface area contributed by atoms with Crippen LogP contribution in [0.2, 0.25) is 0 Å². The van der Waals surface area contributed by atoms with Crippen molar-refractivity contribution in [1.29, 1.82) is 0 Å². The molecule has 4 rings (SSSR count). The second-order valence-electron chi connectivity index (χ2n) is 8.66. The molecule has 31 heavy (non-hydrogen) atoms. The highest BCUT2D eigenvalue weighted by Gasteiger charge is 2.45. The summed E-state index contributed by atoms with van der Waals surface area (Å²) >= 11 is 1.68. The maximum atomic E-state index is 13.0. The molecule has 1 aliphatic heterocycles. The number of likely N-dealkylation sites (tertiary alicyclic amines) is 1. The summed E-state index contributed by atoms with van der Waals surface area (Å²) in [6.07, 6.45) is 1.75. The Morgan fingerprint density at radius 2 is 1.68 bits per heavy atom. The first-order valence-corrected chi connectivity index (χ1v) is 11.8. The Morgan fingerprint density at radius 3 is 2.23 bits per heavy atom. The number of aryl methyl sites for hydroxylation is 3. The maximum absolute atomic E-state index is 13.0. The number of aromatic nitrogens is 1. The van der Waals surface area contributed by atoms with Crippen LogP contribution in [0.5, 0.6) is 0 Å². The fraction of sp³-hybridized carbons (Fsp3) is 0.385. The smallest absolute Gasteiger partial charge is 0.224 e.